The van der Waals surface area contributed by atoms with Gasteiger partial charge in [0.15, 0.2) is 0 Å². The van der Waals surface area contributed by atoms with Crippen LogP contribution in [0.1, 0.15) is 48.0 Å². The predicted octanol–water partition coefficient (Wildman–Crippen LogP) is 2.50. The van der Waals surface area contributed by atoms with E-state index in [4.69, 9.17) is 11.6 Å². The van der Waals surface area contributed by atoms with E-state index < -0.39 is 0 Å². The Kier molecular flexibility index (Phi) is 3.99. The summed E-state index contributed by atoms with van der Waals surface area (Å²) in [6.07, 6.45) is 1.96. The van der Waals surface area contributed by atoms with E-state index in [-0.39, 0.29) is 17.2 Å². The smallest absolute Gasteiger partial charge is 0.267 e. The number of likely N-dealkylation sites (tertiary alicyclic amines) is 1. The van der Waals surface area contributed by atoms with Gasteiger partial charge in [-0.2, -0.15) is 0 Å². The molecular formula is C11H16ClN3OS. The number of carbonyl (C=O) groups excluding carboxylic acids is 1. The Bertz CT molecular complexity index is 407. The van der Waals surface area contributed by atoms with Gasteiger partial charge in [0.2, 0.25) is 0 Å². The van der Waals surface area contributed by atoms with Crippen molar-refractivity contribution in [3.8, 4) is 0 Å². The van der Waals surface area contributed by atoms with Gasteiger partial charge in [-0.3, -0.25) is 4.79 Å². The Morgan fingerprint density at radius 3 is 3.00 bits per heavy atom. The molecule has 0 spiro atoms. The second-order valence-electron chi connectivity index (χ2n) is 4.63. The Labute approximate surface area is 110 Å². The molecular weight excluding hydrogens is 258 g/mol. The SMILES string of the molecule is CC(C)c1nnsc1C(=O)N1CCCC(Cl)C1. The molecule has 0 aliphatic carbocycles. The number of amides is 1. The lowest BCUT2D eigenvalue weighted by Crippen LogP contribution is -2.40. The quantitative estimate of drug-likeness (QED) is 0.778. The zero-order chi connectivity index (χ0) is 12.4. The maximum Gasteiger partial charge on any atom is 0.267 e. The van der Waals surface area contributed by atoms with Crippen LogP contribution in [0.4, 0.5) is 0 Å². The highest BCUT2D eigenvalue weighted by Gasteiger charge is 2.27. The first-order chi connectivity index (χ1) is 8.09. The second kappa shape index (κ2) is 5.31. The molecule has 0 radical (unpaired) electrons. The number of carbonyl (C=O) groups is 1. The van der Waals surface area contributed by atoms with Gasteiger partial charge < -0.3 is 4.90 Å². The van der Waals surface area contributed by atoms with E-state index in [1.54, 1.807) is 0 Å². The Balaban J connectivity index is 2.16. The molecule has 1 atom stereocenters. The average Bonchev–Trinajstić information content (AvgIpc) is 2.77. The maximum atomic E-state index is 12.3. The number of hydrogen-bond acceptors (Lipinski definition) is 4. The lowest BCUT2D eigenvalue weighted by molar-refractivity contribution is 0.0730. The number of halogens is 1. The highest BCUT2D eigenvalue weighted by molar-refractivity contribution is 7.08. The van der Waals surface area contributed by atoms with Crippen molar-refractivity contribution in [1.82, 2.24) is 14.5 Å². The summed E-state index contributed by atoms with van der Waals surface area (Å²) >= 11 is 7.28. The molecule has 1 aromatic heterocycles. The van der Waals surface area contributed by atoms with Gasteiger partial charge in [-0.15, -0.1) is 16.7 Å². The standard InChI is InChI=1S/C11H16ClN3OS/c1-7(2)9-10(17-14-13-9)11(16)15-5-3-4-8(12)6-15/h7-8H,3-6H2,1-2H3. The van der Waals surface area contributed by atoms with Gasteiger partial charge in [0.05, 0.1) is 11.1 Å². The third kappa shape index (κ3) is 2.77. The molecule has 1 aliphatic heterocycles. The second-order valence-corrected chi connectivity index (χ2v) is 6.00. The van der Waals surface area contributed by atoms with Crippen molar-refractivity contribution in [1.29, 1.82) is 0 Å². The van der Waals surface area contributed by atoms with E-state index in [2.05, 4.69) is 9.59 Å². The molecule has 1 fully saturated rings. The zero-order valence-corrected chi connectivity index (χ0v) is 11.6. The molecule has 1 saturated heterocycles. The third-order valence-corrected chi connectivity index (χ3v) is 3.99. The summed E-state index contributed by atoms with van der Waals surface area (Å²) in [5.41, 5.74) is 0.802. The van der Waals surface area contributed by atoms with Crippen LogP contribution in [0, 0.1) is 0 Å². The number of rotatable bonds is 2. The lowest BCUT2D eigenvalue weighted by atomic mass is 10.1. The topological polar surface area (TPSA) is 46.1 Å². The van der Waals surface area contributed by atoms with E-state index in [9.17, 15) is 4.79 Å². The molecule has 94 valence electrons. The fourth-order valence-electron chi connectivity index (χ4n) is 1.98. The normalized spacial score (nSPS) is 20.9. The minimum Gasteiger partial charge on any atom is -0.336 e. The molecule has 0 saturated carbocycles. The highest BCUT2D eigenvalue weighted by atomic mass is 35.5. The van der Waals surface area contributed by atoms with E-state index in [0.29, 0.717) is 11.4 Å². The third-order valence-electron chi connectivity index (χ3n) is 2.91. The molecule has 2 heterocycles. The van der Waals surface area contributed by atoms with Crippen LogP contribution in [0.2, 0.25) is 0 Å². The summed E-state index contributed by atoms with van der Waals surface area (Å²) < 4.78 is 3.89. The zero-order valence-electron chi connectivity index (χ0n) is 10.0. The van der Waals surface area contributed by atoms with Crippen LogP contribution < -0.4 is 0 Å². The van der Waals surface area contributed by atoms with E-state index in [1.807, 2.05) is 18.7 Å². The molecule has 1 aliphatic rings. The van der Waals surface area contributed by atoms with Gasteiger partial charge in [-0.25, -0.2) is 0 Å². The van der Waals surface area contributed by atoms with Crippen molar-refractivity contribution < 1.29 is 4.79 Å². The van der Waals surface area contributed by atoms with E-state index in [0.717, 1.165) is 25.1 Å². The van der Waals surface area contributed by atoms with Gasteiger partial charge in [0, 0.05) is 13.1 Å². The molecule has 1 unspecified atom stereocenters. The monoisotopic (exact) mass is 273 g/mol. The number of hydrogen-bond donors (Lipinski definition) is 0. The molecule has 0 N–H and O–H groups in total. The minimum atomic E-state index is 0.0362. The van der Waals surface area contributed by atoms with Crippen LogP contribution in [0.5, 0.6) is 0 Å². The van der Waals surface area contributed by atoms with Crippen LogP contribution in [-0.4, -0.2) is 38.9 Å². The van der Waals surface area contributed by atoms with Crippen LogP contribution in [-0.2, 0) is 0 Å². The van der Waals surface area contributed by atoms with Crippen LogP contribution >= 0.6 is 23.1 Å². The summed E-state index contributed by atoms with van der Waals surface area (Å²) in [7, 11) is 0. The molecule has 4 nitrogen and oxygen atoms in total. The summed E-state index contributed by atoms with van der Waals surface area (Å²) in [4.78, 5) is 14.8. The molecule has 1 aromatic rings. The number of piperidine rings is 1. The van der Waals surface area contributed by atoms with Crippen molar-refractivity contribution in [2.45, 2.75) is 38.0 Å². The molecule has 0 bridgehead atoms. The Morgan fingerprint density at radius 2 is 2.35 bits per heavy atom. The van der Waals surface area contributed by atoms with Crippen LogP contribution in [0.15, 0.2) is 0 Å². The lowest BCUT2D eigenvalue weighted by Gasteiger charge is -2.29. The van der Waals surface area contributed by atoms with Crippen LogP contribution in [0.25, 0.3) is 0 Å². The van der Waals surface area contributed by atoms with Crippen molar-refractivity contribution >= 4 is 29.0 Å². The van der Waals surface area contributed by atoms with Gasteiger partial charge in [-0.1, -0.05) is 18.3 Å². The predicted molar refractivity (Wildman–Crippen MR) is 68.8 cm³/mol. The van der Waals surface area contributed by atoms with Crippen molar-refractivity contribution in [2.24, 2.45) is 0 Å². The number of nitrogens with zero attached hydrogens (tertiary/aromatic N) is 3. The largest absolute Gasteiger partial charge is 0.336 e. The average molecular weight is 274 g/mol. The summed E-state index contributed by atoms with van der Waals surface area (Å²) in [5, 5.41) is 4.12. The fraction of sp³-hybridized carbons (Fsp3) is 0.727. The number of aromatic nitrogens is 2. The first kappa shape index (κ1) is 12.8. The Morgan fingerprint density at radius 1 is 1.59 bits per heavy atom. The molecule has 0 aromatic carbocycles. The molecule has 2 rings (SSSR count). The first-order valence-electron chi connectivity index (χ1n) is 5.85. The highest BCUT2D eigenvalue weighted by Crippen LogP contribution is 2.24. The van der Waals surface area contributed by atoms with Gasteiger partial charge in [0.25, 0.3) is 5.91 Å². The van der Waals surface area contributed by atoms with E-state index in [1.165, 1.54) is 11.5 Å². The van der Waals surface area contributed by atoms with E-state index >= 15 is 0 Å². The molecule has 1 amide bonds. The van der Waals surface area contributed by atoms with Crippen molar-refractivity contribution in [3.63, 3.8) is 0 Å². The first-order valence-corrected chi connectivity index (χ1v) is 7.06. The summed E-state index contributed by atoms with van der Waals surface area (Å²) in [5.74, 6) is 0.262. The van der Waals surface area contributed by atoms with Gasteiger partial charge >= 0.3 is 0 Å². The minimum absolute atomic E-state index is 0.0362. The number of alkyl halides is 1. The van der Waals surface area contributed by atoms with Gasteiger partial charge in [0.1, 0.15) is 4.88 Å². The van der Waals surface area contributed by atoms with Crippen molar-refractivity contribution in [2.75, 3.05) is 13.1 Å². The maximum absolute atomic E-state index is 12.3. The summed E-state index contributed by atoms with van der Waals surface area (Å²) in [6, 6.07) is 0. The fourth-order valence-corrected chi connectivity index (χ4v) is 3.09. The van der Waals surface area contributed by atoms with Gasteiger partial charge in [-0.05, 0) is 30.3 Å². The van der Waals surface area contributed by atoms with Crippen molar-refractivity contribution in [3.05, 3.63) is 10.6 Å². The summed E-state index contributed by atoms with van der Waals surface area (Å²) in [6.45, 7) is 5.47. The van der Waals surface area contributed by atoms with Crippen LogP contribution in [0.3, 0.4) is 0 Å². The molecule has 6 heteroatoms. The molecule has 17 heavy (non-hydrogen) atoms. The Hall–Kier alpha value is -0.680.